The van der Waals surface area contributed by atoms with Crippen molar-refractivity contribution in [3.05, 3.63) is 54.1 Å². The molecule has 0 fully saturated rings. The third-order valence-electron chi connectivity index (χ3n) is 3.72. The normalized spacial score (nSPS) is 12.8. The average molecular weight is 329 g/mol. The molecule has 0 aliphatic carbocycles. The minimum absolute atomic E-state index is 0.120. The molecule has 128 valence electrons. The molecule has 0 aromatic heterocycles. The SMILES string of the molecule is COc1ccc(O[C@H](C)C(=O)N[C@H](C)c2ccc(OC)cc2)cc1. The van der Waals surface area contributed by atoms with Crippen LogP contribution >= 0.6 is 0 Å². The van der Waals surface area contributed by atoms with E-state index in [1.807, 2.05) is 31.2 Å². The Labute approximate surface area is 142 Å². The van der Waals surface area contributed by atoms with Crippen molar-refractivity contribution in [2.75, 3.05) is 14.2 Å². The topological polar surface area (TPSA) is 56.8 Å². The van der Waals surface area contributed by atoms with Crippen molar-refractivity contribution >= 4 is 5.91 Å². The predicted molar refractivity (Wildman–Crippen MR) is 92.6 cm³/mol. The number of carbonyl (C=O) groups is 1. The van der Waals surface area contributed by atoms with Crippen molar-refractivity contribution in [3.63, 3.8) is 0 Å². The van der Waals surface area contributed by atoms with Crippen molar-refractivity contribution < 1.29 is 19.0 Å². The van der Waals surface area contributed by atoms with Crippen LogP contribution in [0.2, 0.25) is 0 Å². The number of hydrogen-bond donors (Lipinski definition) is 1. The summed E-state index contributed by atoms with van der Waals surface area (Å²) in [4.78, 5) is 12.3. The number of carbonyl (C=O) groups excluding carboxylic acids is 1. The predicted octanol–water partition coefficient (Wildman–Crippen LogP) is 3.35. The first-order valence-corrected chi connectivity index (χ1v) is 7.78. The molecular weight excluding hydrogens is 306 g/mol. The molecule has 0 aliphatic rings. The molecule has 2 aromatic rings. The Morgan fingerprint density at radius 1 is 0.833 bits per heavy atom. The molecule has 0 aliphatic heterocycles. The van der Waals surface area contributed by atoms with E-state index in [1.54, 1.807) is 45.4 Å². The summed E-state index contributed by atoms with van der Waals surface area (Å²) in [5, 5.41) is 2.95. The van der Waals surface area contributed by atoms with Crippen molar-refractivity contribution in [3.8, 4) is 17.2 Å². The molecule has 0 radical (unpaired) electrons. The van der Waals surface area contributed by atoms with E-state index >= 15 is 0 Å². The summed E-state index contributed by atoms with van der Waals surface area (Å²) in [5.74, 6) is 1.98. The van der Waals surface area contributed by atoms with Gasteiger partial charge >= 0.3 is 0 Å². The molecule has 1 N–H and O–H groups in total. The van der Waals surface area contributed by atoms with Crippen molar-refractivity contribution in [2.24, 2.45) is 0 Å². The van der Waals surface area contributed by atoms with E-state index in [0.717, 1.165) is 17.1 Å². The van der Waals surface area contributed by atoms with Gasteiger partial charge in [0.05, 0.1) is 20.3 Å². The maximum Gasteiger partial charge on any atom is 0.261 e. The summed E-state index contributed by atoms with van der Waals surface area (Å²) >= 11 is 0. The van der Waals surface area contributed by atoms with Gasteiger partial charge in [-0.2, -0.15) is 0 Å². The minimum atomic E-state index is -0.598. The second-order valence-corrected chi connectivity index (χ2v) is 5.44. The first-order chi connectivity index (χ1) is 11.5. The van der Waals surface area contributed by atoms with Crippen LogP contribution in [0.3, 0.4) is 0 Å². The molecule has 0 unspecified atom stereocenters. The summed E-state index contributed by atoms with van der Waals surface area (Å²) < 4.78 is 15.9. The Bertz CT molecular complexity index is 652. The molecular formula is C19H23NO4. The van der Waals surface area contributed by atoms with E-state index in [9.17, 15) is 4.79 Å². The second-order valence-electron chi connectivity index (χ2n) is 5.44. The van der Waals surface area contributed by atoms with Crippen molar-refractivity contribution in [1.29, 1.82) is 0 Å². The lowest BCUT2D eigenvalue weighted by molar-refractivity contribution is -0.127. The van der Waals surface area contributed by atoms with Crippen LogP contribution in [0.1, 0.15) is 25.5 Å². The first kappa shape index (κ1) is 17.7. The van der Waals surface area contributed by atoms with Crippen LogP contribution < -0.4 is 19.5 Å². The van der Waals surface area contributed by atoms with Gasteiger partial charge in [0, 0.05) is 0 Å². The third-order valence-corrected chi connectivity index (χ3v) is 3.72. The van der Waals surface area contributed by atoms with Gasteiger partial charge in [0.1, 0.15) is 17.2 Å². The lowest BCUT2D eigenvalue weighted by atomic mass is 10.1. The van der Waals surface area contributed by atoms with Crippen LogP contribution in [0.25, 0.3) is 0 Å². The van der Waals surface area contributed by atoms with E-state index < -0.39 is 6.10 Å². The Hall–Kier alpha value is -2.69. The van der Waals surface area contributed by atoms with Gasteiger partial charge in [0.2, 0.25) is 0 Å². The maximum absolute atomic E-state index is 12.3. The van der Waals surface area contributed by atoms with E-state index in [0.29, 0.717) is 5.75 Å². The van der Waals surface area contributed by atoms with Crippen LogP contribution in [0.15, 0.2) is 48.5 Å². The molecule has 5 heteroatoms. The lowest BCUT2D eigenvalue weighted by Gasteiger charge is -2.19. The highest BCUT2D eigenvalue weighted by molar-refractivity contribution is 5.81. The van der Waals surface area contributed by atoms with E-state index in [2.05, 4.69) is 5.32 Å². The summed E-state index contributed by atoms with van der Waals surface area (Å²) in [6.45, 7) is 3.65. The highest BCUT2D eigenvalue weighted by Gasteiger charge is 2.17. The van der Waals surface area contributed by atoms with Crippen LogP contribution in [0.4, 0.5) is 0 Å². The number of rotatable bonds is 7. The zero-order valence-electron chi connectivity index (χ0n) is 14.4. The highest BCUT2D eigenvalue weighted by Crippen LogP contribution is 2.19. The maximum atomic E-state index is 12.3. The quantitative estimate of drug-likeness (QED) is 0.846. The molecule has 0 bridgehead atoms. The number of benzene rings is 2. The molecule has 0 spiro atoms. The van der Waals surface area contributed by atoms with E-state index in [-0.39, 0.29) is 11.9 Å². The molecule has 24 heavy (non-hydrogen) atoms. The van der Waals surface area contributed by atoms with Crippen LogP contribution in [0, 0.1) is 0 Å². The molecule has 2 atom stereocenters. The van der Waals surface area contributed by atoms with Gasteiger partial charge in [-0.3, -0.25) is 4.79 Å². The van der Waals surface area contributed by atoms with Gasteiger partial charge in [0.25, 0.3) is 5.91 Å². The smallest absolute Gasteiger partial charge is 0.261 e. The van der Waals surface area contributed by atoms with E-state index in [1.165, 1.54) is 0 Å². The molecule has 2 aromatic carbocycles. The molecule has 0 saturated heterocycles. The van der Waals surface area contributed by atoms with Crippen molar-refractivity contribution in [2.45, 2.75) is 26.0 Å². The Morgan fingerprint density at radius 3 is 1.79 bits per heavy atom. The van der Waals surface area contributed by atoms with Crippen LogP contribution in [0.5, 0.6) is 17.2 Å². The van der Waals surface area contributed by atoms with Crippen LogP contribution in [-0.2, 0) is 4.79 Å². The summed E-state index contributed by atoms with van der Waals surface area (Å²) in [6, 6.07) is 14.6. The first-order valence-electron chi connectivity index (χ1n) is 7.78. The fourth-order valence-corrected chi connectivity index (χ4v) is 2.22. The van der Waals surface area contributed by atoms with Gasteiger partial charge in [-0.25, -0.2) is 0 Å². The number of methoxy groups -OCH3 is 2. The average Bonchev–Trinajstić information content (AvgIpc) is 2.62. The summed E-state index contributed by atoms with van der Waals surface area (Å²) in [7, 11) is 3.23. The fourth-order valence-electron chi connectivity index (χ4n) is 2.22. The lowest BCUT2D eigenvalue weighted by Crippen LogP contribution is -2.37. The zero-order valence-corrected chi connectivity index (χ0v) is 14.4. The fraction of sp³-hybridized carbons (Fsp3) is 0.316. The molecule has 0 heterocycles. The van der Waals surface area contributed by atoms with Gasteiger partial charge in [-0.15, -0.1) is 0 Å². The number of nitrogens with one attached hydrogen (secondary N) is 1. The van der Waals surface area contributed by atoms with E-state index in [4.69, 9.17) is 14.2 Å². The number of ether oxygens (including phenoxy) is 3. The van der Waals surface area contributed by atoms with Gasteiger partial charge < -0.3 is 19.5 Å². The summed E-state index contributed by atoms with van der Waals surface area (Å²) in [6.07, 6.45) is -0.598. The van der Waals surface area contributed by atoms with Crippen LogP contribution in [-0.4, -0.2) is 26.2 Å². The molecule has 2 rings (SSSR count). The molecule has 5 nitrogen and oxygen atoms in total. The molecule has 0 saturated carbocycles. The minimum Gasteiger partial charge on any atom is -0.497 e. The zero-order chi connectivity index (χ0) is 17.5. The Balaban J connectivity index is 1.91. The van der Waals surface area contributed by atoms with Gasteiger partial charge in [-0.05, 0) is 55.8 Å². The molecule has 1 amide bonds. The van der Waals surface area contributed by atoms with Gasteiger partial charge in [0.15, 0.2) is 6.10 Å². The monoisotopic (exact) mass is 329 g/mol. The summed E-state index contributed by atoms with van der Waals surface area (Å²) in [5.41, 5.74) is 1.00. The number of amides is 1. The highest BCUT2D eigenvalue weighted by atomic mass is 16.5. The second kappa shape index (κ2) is 8.24. The van der Waals surface area contributed by atoms with Crippen molar-refractivity contribution in [1.82, 2.24) is 5.32 Å². The largest absolute Gasteiger partial charge is 0.497 e. The Morgan fingerprint density at radius 2 is 1.29 bits per heavy atom. The van der Waals surface area contributed by atoms with Gasteiger partial charge in [-0.1, -0.05) is 12.1 Å². The Kier molecular flexibility index (Phi) is 6.07. The standard InChI is InChI=1S/C19H23NO4/c1-13(15-5-7-16(22-3)8-6-15)20-19(21)14(2)24-18-11-9-17(23-4)10-12-18/h5-14H,1-4H3,(H,20,21)/t13-,14-/m1/s1. The third kappa shape index (κ3) is 4.65. The number of hydrogen-bond acceptors (Lipinski definition) is 4.